The number of nitrogens with zero attached hydrogens (tertiary/aromatic N) is 3. The van der Waals surface area contributed by atoms with E-state index in [2.05, 4.69) is 58.5 Å². The second kappa shape index (κ2) is 11.6. The quantitative estimate of drug-likeness (QED) is 0.294. The van der Waals surface area contributed by atoms with Crippen LogP contribution in [0.3, 0.4) is 0 Å². The number of aryl methyl sites for hydroxylation is 1. The molecule has 0 saturated carbocycles. The predicted molar refractivity (Wildman–Crippen MR) is 117 cm³/mol. The van der Waals surface area contributed by atoms with Crippen LogP contribution in [0.5, 0.6) is 0 Å². The molecule has 1 unspecified atom stereocenters. The average molecular weight is 460 g/mol. The fourth-order valence-electron chi connectivity index (χ4n) is 3.18. The van der Waals surface area contributed by atoms with Gasteiger partial charge in [0, 0.05) is 59.5 Å². The maximum Gasteiger partial charge on any atom is 0.193 e. The molecule has 1 atom stereocenters. The van der Waals surface area contributed by atoms with Crippen molar-refractivity contribution in [1.29, 1.82) is 0 Å². The Bertz CT molecular complexity index is 519. The minimum atomic E-state index is 0. The van der Waals surface area contributed by atoms with Crippen LogP contribution in [0.25, 0.3) is 0 Å². The summed E-state index contributed by atoms with van der Waals surface area (Å²) in [7, 11) is 7.78. The molecular weight excluding hydrogens is 427 g/mol. The average Bonchev–Trinajstić information content (AvgIpc) is 3.04. The normalized spacial score (nSPS) is 17.4. The number of hydrogen-bond donors (Lipinski definition) is 1. The molecule has 0 amide bonds. The van der Waals surface area contributed by atoms with Gasteiger partial charge in [0.05, 0.1) is 6.61 Å². The zero-order chi connectivity index (χ0) is 17.4. The smallest absolute Gasteiger partial charge is 0.193 e. The van der Waals surface area contributed by atoms with Crippen LogP contribution in [0.1, 0.15) is 18.4 Å². The van der Waals surface area contributed by atoms with Gasteiger partial charge in [-0.05, 0) is 37.0 Å². The molecule has 1 saturated heterocycles. The van der Waals surface area contributed by atoms with Crippen LogP contribution in [0.2, 0.25) is 0 Å². The summed E-state index contributed by atoms with van der Waals surface area (Å²) in [6.07, 6.45) is 3.38. The van der Waals surface area contributed by atoms with Gasteiger partial charge in [-0.25, -0.2) is 0 Å². The van der Waals surface area contributed by atoms with Crippen LogP contribution >= 0.6 is 24.0 Å². The first-order valence-corrected chi connectivity index (χ1v) is 8.85. The van der Waals surface area contributed by atoms with Crippen molar-refractivity contribution in [2.45, 2.75) is 19.3 Å². The van der Waals surface area contributed by atoms with Crippen molar-refractivity contribution in [3.63, 3.8) is 0 Å². The number of hydrogen-bond acceptors (Lipinski definition) is 3. The topological polar surface area (TPSA) is 40.1 Å². The van der Waals surface area contributed by atoms with Gasteiger partial charge in [-0.1, -0.05) is 12.1 Å². The van der Waals surface area contributed by atoms with E-state index >= 15 is 0 Å². The van der Waals surface area contributed by atoms with Gasteiger partial charge in [-0.3, -0.25) is 4.99 Å². The van der Waals surface area contributed by atoms with E-state index < -0.39 is 0 Å². The third-order valence-electron chi connectivity index (χ3n) is 4.58. The van der Waals surface area contributed by atoms with Crippen molar-refractivity contribution in [2.75, 3.05) is 59.4 Å². The third-order valence-corrected chi connectivity index (χ3v) is 4.58. The molecule has 25 heavy (non-hydrogen) atoms. The van der Waals surface area contributed by atoms with Gasteiger partial charge >= 0.3 is 0 Å². The molecule has 1 aromatic carbocycles. The summed E-state index contributed by atoms with van der Waals surface area (Å²) in [5.74, 6) is 1.65. The summed E-state index contributed by atoms with van der Waals surface area (Å²) in [4.78, 5) is 8.90. The maximum atomic E-state index is 5.27. The molecule has 1 aliphatic rings. The standard InChI is InChI=1S/C19H32N4O.HI/c1-20-19(23-13-11-17(14-23)15-24-4)21-12-5-6-16-7-9-18(10-8-16)22(2)3;/h7-10,17H,5-6,11-15H2,1-4H3,(H,20,21);1H. The number of anilines is 1. The molecule has 0 aliphatic carbocycles. The molecular formula is C19H33IN4O. The van der Waals surface area contributed by atoms with Gasteiger partial charge in [0.1, 0.15) is 0 Å². The third kappa shape index (κ3) is 7.01. The van der Waals surface area contributed by atoms with Crippen LogP contribution in [0.4, 0.5) is 5.69 Å². The Kier molecular flexibility index (Phi) is 10.2. The summed E-state index contributed by atoms with van der Waals surface area (Å²) < 4.78 is 5.27. The van der Waals surface area contributed by atoms with Crippen LogP contribution in [0, 0.1) is 5.92 Å². The fourth-order valence-corrected chi connectivity index (χ4v) is 3.18. The lowest BCUT2D eigenvalue weighted by molar-refractivity contribution is 0.157. The molecule has 142 valence electrons. The molecule has 1 N–H and O–H groups in total. The van der Waals surface area contributed by atoms with E-state index in [-0.39, 0.29) is 24.0 Å². The zero-order valence-corrected chi connectivity index (χ0v) is 18.3. The maximum absolute atomic E-state index is 5.27. The number of benzene rings is 1. The molecule has 1 aliphatic heterocycles. The van der Waals surface area contributed by atoms with Crippen molar-refractivity contribution in [3.8, 4) is 0 Å². The highest BCUT2D eigenvalue weighted by molar-refractivity contribution is 14.0. The molecule has 1 fully saturated rings. The first-order valence-electron chi connectivity index (χ1n) is 8.85. The Morgan fingerprint density at radius 2 is 2.04 bits per heavy atom. The molecule has 5 nitrogen and oxygen atoms in total. The second-order valence-corrected chi connectivity index (χ2v) is 6.69. The van der Waals surface area contributed by atoms with Gasteiger partial charge in [0.15, 0.2) is 5.96 Å². The van der Waals surface area contributed by atoms with Crippen molar-refractivity contribution < 1.29 is 4.74 Å². The lowest BCUT2D eigenvalue weighted by Crippen LogP contribution is -2.40. The minimum absolute atomic E-state index is 0. The first kappa shape index (κ1) is 22.0. The van der Waals surface area contributed by atoms with E-state index in [9.17, 15) is 0 Å². The number of methoxy groups -OCH3 is 1. The zero-order valence-electron chi connectivity index (χ0n) is 16.0. The van der Waals surface area contributed by atoms with Crippen molar-refractivity contribution in [1.82, 2.24) is 10.2 Å². The molecule has 1 heterocycles. The van der Waals surface area contributed by atoms with E-state index in [1.54, 1.807) is 7.11 Å². The lowest BCUT2D eigenvalue weighted by Gasteiger charge is -2.21. The number of rotatable bonds is 7. The van der Waals surface area contributed by atoms with E-state index in [0.29, 0.717) is 5.92 Å². The van der Waals surface area contributed by atoms with Gasteiger partial charge in [-0.2, -0.15) is 0 Å². The molecule has 2 rings (SSSR count). The Hall–Kier alpha value is -1.02. The van der Waals surface area contributed by atoms with Gasteiger partial charge in [-0.15, -0.1) is 24.0 Å². The summed E-state index contributed by atoms with van der Waals surface area (Å²) in [6, 6.07) is 8.81. The highest BCUT2D eigenvalue weighted by Crippen LogP contribution is 2.16. The van der Waals surface area contributed by atoms with Crippen LogP contribution < -0.4 is 10.2 Å². The summed E-state index contributed by atoms with van der Waals surface area (Å²) in [6.45, 7) is 3.91. The Balaban J connectivity index is 0.00000312. The van der Waals surface area contributed by atoms with Crippen LogP contribution in [0.15, 0.2) is 29.3 Å². The minimum Gasteiger partial charge on any atom is -0.384 e. The number of guanidine groups is 1. The summed E-state index contributed by atoms with van der Waals surface area (Å²) >= 11 is 0. The first-order chi connectivity index (χ1) is 11.6. The number of nitrogens with one attached hydrogen (secondary N) is 1. The number of ether oxygens (including phenoxy) is 1. The van der Waals surface area contributed by atoms with E-state index in [1.165, 1.54) is 17.7 Å². The Labute approximate surface area is 169 Å². The van der Waals surface area contributed by atoms with Crippen LogP contribution in [-0.2, 0) is 11.2 Å². The van der Waals surface area contributed by atoms with Gasteiger partial charge < -0.3 is 19.9 Å². The van der Waals surface area contributed by atoms with E-state index in [4.69, 9.17) is 4.74 Å². The molecule has 0 bridgehead atoms. The van der Waals surface area contributed by atoms with Crippen molar-refractivity contribution >= 4 is 35.6 Å². The number of aliphatic imine (C=N–C) groups is 1. The molecule has 0 spiro atoms. The summed E-state index contributed by atoms with van der Waals surface area (Å²) in [5, 5.41) is 3.50. The fraction of sp³-hybridized carbons (Fsp3) is 0.632. The Morgan fingerprint density at radius 3 is 2.64 bits per heavy atom. The largest absolute Gasteiger partial charge is 0.384 e. The second-order valence-electron chi connectivity index (χ2n) is 6.69. The SMILES string of the molecule is CN=C(NCCCc1ccc(N(C)C)cc1)N1CCC(COC)C1.I. The molecule has 1 aromatic rings. The highest BCUT2D eigenvalue weighted by atomic mass is 127. The number of halogens is 1. The van der Waals surface area contributed by atoms with Crippen LogP contribution in [-0.4, -0.2) is 65.4 Å². The monoisotopic (exact) mass is 460 g/mol. The molecule has 6 heteroatoms. The molecule has 0 radical (unpaired) electrons. The Morgan fingerprint density at radius 1 is 1.32 bits per heavy atom. The number of likely N-dealkylation sites (tertiary alicyclic amines) is 1. The van der Waals surface area contributed by atoms with Crippen molar-refractivity contribution in [3.05, 3.63) is 29.8 Å². The lowest BCUT2D eigenvalue weighted by atomic mass is 10.1. The predicted octanol–water partition coefficient (Wildman–Crippen LogP) is 2.85. The van der Waals surface area contributed by atoms with Gasteiger partial charge in [0.2, 0.25) is 0 Å². The highest BCUT2D eigenvalue weighted by Gasteiger charge is 2.24. The summed E-state index contributed by atoms with van der Waals surface area (Å²) in [5.41, 5.74) is 2.63. The van der Waals surface area contributed by atoms with E-state index in [0.717, 1.165) is 45.0 Å². The van der Waals surface area contributed by atoms with Gasteiger partial charge in [0.25, 0.3) is 0 Å². The molecule has 0 aromatic heterocycles. The van der Waals surface area contributed by atoms with Crippen molar-refractivity contribution in [2.24, 2.45) is 10.9 Å². The van der Waals surface area contributed by atoms with E-state index in [1.807, 2.05) is 7.05 Å².